The molecular formula is C16H25NO3S. The molecule has 2 fully saturated rings. The number of carbonyl (C=O) groups excluding carboxylic acids is 1. The van der Waals surface area contributed by atoms with Crippen LogP contribution in [-0.2, 0) is 14.3 Å². The second-order valence-electron chi connectivity index (χ2n) is 5.66. The number of nitrogens with zero attached hydrogens (tertiary/aromatic N) is 1. The van der Waals surface area contributed by atoms with Gasteiger partial charge in [-0.15, -0.1) is 18.2 Å². The fraction of sp³-hybridized carbons (Fsp3) is 0.812. The molecule has 0 aromatic carbocycles. The van der Waals surface area contributed by atoms with Crippen molar-refractivity contribution in [1.29, 1.82) is 0 Å². The second kappa shape index (κ2) is 9.34. The molecule has 0 radical (unpaired) electrons. The molecule has 0 aliphatic carbocycles. The van der Waals surface area contributed by atoms with E-state index in [0.717, 1.165) is 38.2 Å². The van der Waals surface area contributed by atoms with E-state index in [1.807, 2.05) is 0 Å². The van der Waals surface area contributed by atoms with Gasteiger partial charge in [-0.1, -0.05) is 5.92 Å². The van der Waals surface area contributed by atoms with Gasteiger partial charge in [0.2, 0.25) is 0 Å². The number of rotatable bonds is 7. The summed E-state index contributed by atoms with van der Waals surface area (Å²) in [6.07, 6.45) is 11.4. The summed E-state index contributed by atoms with van der Waals surface area (Å²) in [7, 11) is 0. The summed E-state index contributed by atoms with van der Waals surface area (Å²) in [5.74, 6) is 3.85. The normalized spacial score (nSPS) is 26.4. The third-order valence-corrected chi connectivity index (χ3v) is 5.08. The minimum absolute atomic E-state index is 0.122. The number of hydrogen-bond acceptors (Lipinski definition) is 5. The van der Waals surface area contributed by atoms with Gasteiger partial charge in [0, 0.05) is 18.4 Å². The van der Waals surface area contributed by atoms with Gasteiger partial charge in [-0.3, -0.25) is 9.69 Å². The zero-order chi connectivity index (χ0) is 14.9. The topological polar surface area (TPSA) is 38.8 Å². The fourth-order valence-electron chi connectivity index (χ4n) is 2.85. The maximum absolute atomic E-state index is 11.8. The number of hydrogen-bond donors (Lipinski definition) is 0. The lowest BCUT2D eigenvalue weighted by Crippen LogP contribution is -2.34. The monoisotopic (exact) mass is 311 g/mol. The molecule has 2 heterocycles. The van der Waals surface area contributed by atoms with Crippen molar-refractivity contribution in [2.75, 3.05) is 37.8 Å². The first kappa shape index (κ1) is 16.7. The van der Waals surface area contributed by atoms with Crippen molar-refractivity contribution in [2.45, 2.75) is 44.2 Å². The van der Waals surface area contributed by atoms with Gasteiger partial charge >= 0.3 is 5.97 Å². The van der Waals surface area contributed by atoms with Crippen molar-refractivity contribution in [2.24, 2.45) is 0 Å². The van der Waals surface area contributed by atoms with Gasteiger partial charge in [0.15, 0.2) is 0 Å². The Hall–Kier alpha value is -0.700. The predicted molar refractivity (Wildman–Crippen MR) is 85.3 cm³/mol. The van der Waals surface area contributed by atoms with Crippen molar-refractivity contribution < 1.29 is 14.3 Å². The molecule has 0 aromatic rings. The molecule has 0 spiro atoms. The van der Waals surface area contributed by atoms with E-state index in [1.54, 1.807) is 11.8 Å². The van der Waals surface area contributed by atoms with Crippen molar-refractivity contribution in [1.82, 2.24) is 4.90 Å². The average Bonchev–Trinajstić information content (AvgIpc) is 2.94. The van der Waals surface area contributed by atoms with Crippen molar-refractivity contribution in [3.8, 4) is 12.3 Å². The lowest BCUT2D eigenvalue weighted by Gasteiger charge is -2.22. The Morgan fingerprint density at radius 1 is 1.38 bits per heavy atom. The van der Waals surface area contributed by atoms with Crippen molar-refractivity contribution in [3.05, 3.63) is 0 Å². The van der Waals surface area contributed by atoms with Crippen LogP contribution in [0.15, 0.2) is 0 Å². The lowest BCUT2D eigenvalue weighted by atomic mass is 10.1. The molecule has 2 rings (SSSR count). The molecule has 2 atom stereocenters. The number of terminal acetylenes is 1. The first-order valence-corrected chi connectivity index (χ1v) is 8.97. The molecule has 5 heteroatoms. The van der Waals surface area contributed by atoms with Crippen LogP contribution in [0.5, 0.6) is 0 Å². The van der Waals surface area contributed by atoms with Gasteiger partial charge in [-0.25, -0.2) is 0 Å². The molecule has 0 amide bonds. The molecule has 4 nitrogen and oxygen atoms in total. The summed E-state index contributed by atoms with van der Waals surface area (Å²) < 4.78 is 11.0. The molecule has 0 saturated carbocycles. The predicted octanol–water partition coefficient (Wildman–Crippen LogP) is 1.93. The smallest absolute Gasteiger partial charge is 0.315 e. The molecule has 0 N–H and O–H groups in total. The van der Waals surface area contributed by atoms with Crippen LogP contribution in [0.2, 0.25) is 0 Å². The van der Waals surface area contributed by atoms with E-state index >= 15 is 0 Å². The van der Waals surface area contributed by atoms with Gasteiger partial charge in [-0.05, 0) is 38.6 Å². The maximum Gasteiger partial charge on any atom is 0.315 e. The average molecular weight is 311 g/mol. The van der Waals surface area contributed by atoms with Gasteiger partial charge in [0.1, 0.15) is 6.61 Å². The number of esters is 1. The SMILES string of the molecule is C#CCN1CCCC1COC(=O)CSCC1CCCCO1. The molecule has 0 aromatic heterocycles. The van der Waals surface area contributed by atoms with E-state index in [1.165, 1.54) is 12.8 Å². The van der Waals surface area contributed by atoms with Crippen molar-refractivity contribution >= 4 is 17.7 Å². The Morgan fingerprint density at radius 3 is 3.05 bits per heavy atom. The Balaban J connectivity index is 1.56. The Bertz CT molecular complexity index is 363. The van der Waals surface area contributed by atoms with E-state index in [0.29, 0.717) is 31.1 Å². The van der Waals surface area contributed by atoms with Crippen LogP contribution in [0.4, 0.5) is 0 Å². The summed E-state index contributed by atoms with van der Waals surface area (Å²) in [4.78, 5) is 14.0. The summed E-state index contributed by atoms with van der Waals surface area (Å²) >= 11 is 1.62. The highest BCUT2D eigenvalue weighted by molar-refractivity contribution is 7.99. The lowest BCUT2D eigenvalue weighted by molar-refractivity contribution is -0.141. The molecular weight excluding hydrogens is 286 g/mol. The zero-order valence-electron chi connectivity index (χ0n) is 12.6. The summed E-state index contributed by atoms with van der Waals surface area (Å²) in [6, 6.07) is 0.302. The van der Waals surface area contributed by atoms with Crippen molar-refractivity contribution in [3.63, 3.8) is 0 Å². The molecule has 0 bridgehead atoms. The van der Waals surface area contributed by atoms with Crippen LogP contribution in [0.1, 0.15) is 32.1 Å². The van der Waals surface area contributed by atoms with E-state index in [9.17, 15) is 4.79 Å². The highest BCUT2D eigenvalue weighted by Gasteiger charge is 2.25. The molecule has 2 saturated heterocycles. The minimum atomic E-state index is -0.122. The summed E-state index contributed by atoms with van der Waals surface area (Å²) in [5.41, 5.74) is 0. The summed E-state index contributed by atoms with van der Waals surface area (Å²) in [5, 5.41) is 0. The highest BCUT2D eigenvalue weighted by Crippen LogP contribution is 2.18. The third kappa shape index (κ3) is 5.90. The van der Waals surface area contributed by atoms with Gasteiger partial charge in [0.05, 0.1) is 18.4 Å². The number of thioether (sulfide) groups is 1. The van der Waals surface area contributed by atoms with Crippen LogP contribution in [0.25, 0.3) is 0 Å². The van der Waals surface area contributed by atoms with Crippen LogP contribution in [0.3, 0.4) is 0 Å². The Kier molecular flexibility index (Phi) is 7.42. The van der Waals surface area contributed by atoms with E-state index in [-0.39, 0.29) is 5.97 Å². The Labute approximate surface area is 131 Å². The van der Waals surface area contributed by atoms with Gasteiger partial charge in [0.25, 0.3) is 0 Å². The third-order valence-electron chi connectivity index (χ3n) is 4.03. The van der Waals surface area contributed by atoms with E-state index in [2.05, 4.69) is 10.8 Å². The molecule has 21 heavy (non-hydrogen) atoms. The minimum Gasteiger partial charge on any atom is -0.463 e. The van der Waals surface area contributed by atoms with Gasteiger partial charge in [-0.2, -0.15) is 0 Å². The Morgan fingerprint density at radius 2 is 2.29 bits per heavy atom. The first-order chi connectivity index (χ1) is 10.3. The van der Waals surface area contributed by atoms with Crippen LogP contribution in [-0.4, -0.2) is 60.8 Å². The largest absolute Gasteiger partial charge is 0.463 e. The zero-order valence-corrected chi connectivity index (χ0v) is 13.4. The number of carbonyl (C=O) groups is 1. The van der Waals surface area contributed by atoms with Gasteiger partial charge < -0.3 is 9.47 Å². The van der Waals surface area contributed by atoms with E-state index < -0.39 is 0 Å². The number of likely N-dealkylation sites (tertiary alicyclic amines) is 1. The molecule has 2 unspecified atom stereocenters. The van der Waals surface area contributed by atoms with Crippen LogP contribution in [0, 0.1) is 12.3 Å². The fourth-order valence-corrected chi connectivity index (χ4v) is 3.75. The molecule has 118 valence electrons. The number of ether oxygens (including phenoxy) is 2. The summed E-state index contributed by atoms with van der Waals surface area (Å²) in [6.45, 7) is 3.00. The van der Waals surface area contributed by atoms with E-state index in [4.69, 9.17) is 15.9 Å². The standard InChI is InChI=1S/C16H25NO3S/c1-2-8-17-9-5-6-14(17)11-20-16(18)13-21-12-15-7-3-4-10-19-15/h1,14-15H,3-13H2. The van der Waals surface area contributed by atoms with Crippen LogP contribution >= 0.6 is 11.8 Å². The maximum atomic E-state index is 11.8. The quantitative estimate of drug-likeness (QED) is 0.531. The molecule has 2 aliphatic heterocycles. The first-order valence-electron chi connectivity index (χ1n) is 7.82. The van der Waals surface area contributed by atoms with Crippen LogP contribution < -0.4 is 0 Å². The molecule has 2 aliphatic rings. The highest BCUT2D eigenvalue weighted by atomic mass is 32.2. The second-order valence-corrected chi connectivity index (χ2v) is 6.69.